The van der Waals surface area contributed by atoms with Gasteiger partial charge in [0.05, 0.1) is 9.40 Å². The standard InChI is InChI=1S/C13H16BrN3O4/c1-8(9(2)7-21-13(15)18)6-16-11-5-3-4-10(14)12(11)17(19)20/h3-5,16H,6-7H2,1-2H3,(H2,15,18)/b9-8+. The summed E-state index contributed by atoms with van der Waals surface area (Å²) < 4.78 is 5.11. The summed E-state index contributed by atoms with van der Waals surface area (Å²) in [7, 11) is 0. The molecule has 0 heterocycles. The van der Waals surface area contributed by atoms with Crippen molar-refractivity contribution in [3.8, 4) is 0 Å². The second-order valence-corrected chi connectivity index (χ2v) is 5.27. The summed E-state index contributed by atoms with van der Waals surface area (Å²) in [6.07, 6.45) is -0.835. The zero-order valence-corrected chi connectivity index (χ0v) is 13.3. The molecule has 0 spiro atoms. The molecule has 0 unspecified atom stereocenters. The Morgan fingerprint density at radius 3 is 2.67 bits per heavy atom. The number of nitrogens with two attached hydrogens (primary N) is 1. The van der Waals surface area contributed by atoms with Gasteiger partial charge >= 0.3 is 11.8 Å². The minimum Gasteiger partial charge on any atom is -0.445 e. The summed E-state index contributed by atoms with van der Waals surface area (Å²) in [4.78, 5) is 21.1. The number of nitrogens with zero attached hydrogens (tertiary/aromatic N) is 1. The number of amides is 1. The van der Waals surface area contributed by atoms with E-state index in [-0.39, 0.29) is 12.3 Å². The molecule has 21 heavy (non-hydrogen) atoms. The van der Waals surface area contributed by atoms with Crippen LogP contribution in [0.3, 0.4) is 0 Å². The molecule has 0 radical (unpaired) electrons. The number of nitro groups is 1. The van der Waals surface area contributed by atoms with Crippen LogP contribution in [0.25, 0.3) is 0 Å². The number of para-hydroxylation sites is 1. The molecular formula is C13H16BrN3O4. The number of carbonyl (C=O) groups is 1. The first-order valence-corrected chi connectivity index (χ1v) is 6.86. The lowest BCUT2D eigenvalue weighted by Gasteiger charge is -2.11. The average molecular weight is 358 g/mol. The quantitative estimate of drug-likeness (QED) is 0.461. The third kappa shape index (κ3) is 5.07. The molecule has 0 saturated carbocycles. The van der Waals surface area contributed by atoms with Gasteiger partial charge in [-0.05, 0) is 47.5 Å². The number of primary amides is 1. The van der Waals surface area contributed by atoms with Crippen molar-refractivity contribution in [1.82, 2.24) is 0 Å². The van der Waals surface area contributed by atoms with E-state index in [4.69, 9.17) is 10.5 Å². The first-order chi connectivity index (χ1) is 9.82. The second kappa shape index (κ2) is 7.63. The van der Waals surface area contributed by atoms with Crippen molar-refractivity contribution in [3.05, 3.63) is 43.9 Å². The van der Waals surface area contributed by atoms with Crippen molar-refractivity contribution in [3.63, 3.8) is 0 Å². The Labute approximate surface area is 130 Å². The zero-order chi connectivity index (χ0) is 16.0. The first kappa shape index (κ1) is 17.0. The Balaban J connectivity index is 2.80. The van der Waals surface area contributed by atoms with Crippen LogP contribution >= 0.6 is 15.9 Å². The minimum absolute atomic E-state index is 0.0173. The Morgan fingerprint density at radius 1 is 1.43 bits per heavy atom. The number of nitro benzene ring substituents is 1. The molecule has 0 bridgehead atoms. The fourth-order valence-electron chi connectivity index (χ4n) is 1.52. The van der Waals surface area contributed by atoms with E-state index in [9.17, 15) is 14.9 Å². The molecular weight excluding hydrogens is 342 g/mol. The lowest BCUT2D eigenvalue weighted by molar-refractivity contribution is -0.384. The summed E-state index contributed by atoms with van der Waals surface area (Å²) in [6.45, 7) is 4.14. The molecule has 114 valence electrons. The van der Waals surface area contributed by atoms with Crippen LogP contribution in [0.15, 0.2) is 33.8 Å². The van der Waals surface area contributed by atoms with E-state index in [0.29, 0.717) is 16.7 Å². The Hall–Kier alpha value is -2.09. The molecule has 1 amide bonds. The van der Waals surface area contributed by atoms with E-state index in [0.717, 1.165) is 11.1 Å². The highest BCUT2D eigenvalue weighted by molar-refractivity contribution is 9.10. The number of hydrogen-bond acceptors (Lipinski definition) is 5. The van der Waals surface area contributed by atoms with Crippen molar-refractivity contribution in [2.75, 3.05) is 18.5 Å². The fraction of sp³-hybridized carbons (Fsp3) is 0.308. The number of ether oxygens (including phenoxy) is 1. The lowest BCUT2D eigenvalue weighted by atomic mass is 10.1. The molecule has 1 aromatic carbocycles. The highest BCUT2D eigenvalue weighted by Gasteiger charge is 2.17. The van der Waals surface area contributed by atoms with Gasteiger partial charge in [-0.2, -0.15) is 0 Å². The van der Waals surface area contributed by atoms with Gasteiger partial charge in [-0.15, -0.1) is 0 Å². The van der Waals surface area contributed by atoms with Gasteiger partial charge < -0.3 is 15.8 Å². The van der Waals surface area contributed by atoms with E-state index in [1.807, 2.05) is 6.92 Å². The molecule has 1 aromatic rings. The summed E-state index contributed by atoms with van der Waals surface area (Å²) in [6, 6.07) is 4.95. The van der Waals surface area contributed by atoms with Crippen LogP contribution in [0.1, 0.15) is 13.8 Å². The van der Waals surface area contributed by atoms with Crippen LogP contribution < -0.4 is 11.1 Å². The highest BCUT2D eigenvalue weighted by Crippen LogP contribution is 2.32. The van der Waals surface area contributed by atoms with Gasteiger partial charge in [-0.25, -0.2) is 4.79 Å². The number of nitrogens with one attached hydrogen (secondary N) is 1. The average Bonchev–Trinajstić information content (AvgIpc) is 2.41. The smallest absolute Gasteiger partial charge is 0.404 e. The van der Waals surface area contributed by atoms with Gasteiger partial charge in [0.15, 0.2) is 0 Å². The van der Waals surface area contributed by atoms with Gasteiger partial charge in [0.2, 0.25) is 0 Å². The maximum absolute atomic E-state index is 11.1. The van der Waals surface area contributed by atoms with Crippen LogP contribution in [0.5, 0.6) is 0 Å². The number of benzene rings is 1. The van der Waals surface area contributed by atoms with Gasteiger partial charge in [-0.3, -0.25) is 10.1 Å². The topological polar surface area (TPSA) is 107 Å². The number of rotatable bonds is 6. The van der Waals surface area contributed by atoms with Crippen LogP contribution in [0.4, 0.5) is 16.2 Å². The molecule has 0 fully saturated rings. The zero-order valence-electron chi connectivity index (χ0n) is 11.7. The number of halogens is 1. The molecule has 8 heteroatoms. The molecule has 0 aliphatic carbocycles. The van der Waals surface area contributed by atoms with Crippen LogP contribution in [0.2, 0.25) is 0 Å². The van der Waals surface area contributed by atoms with Gasteiger partial charge in [-0.1, -0.05) is 11.6 Å². The lowest BCUT2D eigenvalue weighted by Crippen LogP contribution is -2.15. The minimum atomic E-state index is -0.835. The Bertz CT molecular complexity index is 587. The summed E-state index contributed by atoms with van der Waals surface area (Å²) >= 11 is 3.16. The van der Waals surface area contributed by atoms with Crippen molar-refractivity contribution < 1.29 is 14.5 Å². The SMILES string of the molecule is C/C(CNc1cccc(Br)c1[N+](=O)[O-])=C(/C)COC(N)=O. The monoisotopic (exact) mass is 357 g/mol. The highest BCUT2D eigenvalue weighted by atomic mass is 79.9. The molecule has 0 aliphatic rings. The molecule has 0 aliphatic heterocycles. The van der Waals surface area contributed by atoms with Crippen molar-refractivity contribution >= 4 is 33.4 Å². The third-order valence-electron chi connectivity index (χ3n) is 2.87. The molecule has 1 rings (SSSR count). The van der Waals surface area contributed by atoms with Gasteiger partial charge in [0.25, 0.3) is 0 Å². The van der Waals surface area contributed by atoms with E-state index >= 15 is 0 Å². The number of anilines is 1. The van der Waals surface area contributed by atoms with E-state index in [1.54, 1.807) is 25.1 Å². The summed E-state index contributed by atoms with van der Waals surface area (Å²) in [5.41, 5.74) is 7.03. The molecule has 0 atom stereocenters. The normalized spacial score (nSPS) is 11.6. The molecule has 7 nitrogen and oxygen atoms in total. The van der Waals surface area contributed by atoms with E-state index < -0.39 is 11.0 Å². The van der Waals surface area contributed by atoms with Crippen molar-refractivity contribution in [2.24, 2.45) is 5.73 Å². The van der Waals surface area contributed by atoms with Gasteiger partial charge in [0.1, 0.15) is 12.3 Å². The largest absolute Gasteiger partial charge is 0.445 e. The number of hydrogen-bond donors (Lipinski definition) is 2. The maximum atomic E-state index is 11.1. The first-order valence-electron chi connectivity index (χ1n) is 6.07. The van der Waals surface area contributed by atoms with Crippen LogP contribution in [0, 0.1) is 10.1 Å². The predicted octanol–water partition coefficient (Wildman–Crippen LogP) is 3.20. The summed E-state index contributed by atoms with van der Waals surface area (Å²) in [5.74, 6) is 0. The fourth-order valence-corrected chi connectivity index (χ4v) is 2.04. The van der Waals surface area contributed by atoms with Crippen LogP contribution in [-0.2, 0) is 4.74 Å². The summed E-state index contributed by atoms with van der Waals surface area (Å²) in [5, 5.41) is 14.1. The van der Waals surface area contributed by atoms with Crippen molar-refractivity contribution in [1.29, 1.82) is 0 Å². The Kier molecular flexibility index (Phi) is 6.16. The second-order valence-electron chi connectivity index (χ2n) is 4.42. The molecule has 3 N–H and O–H groups in total. The van der Waals surface area contributed by atoms with Crippen LogP contribution in [-0.4, -0.2) is 24.2 Å². The maximum Gasteiger partial charge on any atom is 0.404 e. The third-order valence-corrected chi connectivity index (χ3v) is 3.51. The Morgan fingerprint density at radius 2 is 2.10 bits per heavy atom. The number of carbonyl (C=O) groups excluding carboxylic acids is 1. The van der Waals surface area contributed by atoms with Gasteiger partial charge in [0, 0.05) is 6.54 Å². The van der Waals surface area contributed by atoms with E-state index in [1.165, 1.54) is 0 Å². The molecule has 0 aromatic heterocycles. The van der Waals surface area contributed by atoms with E-state index in [2.05, 4.69) is 21.2 Å². The van der Waals surface area contributed by atoms with Crippen molar-refractivity contribution in [2.45, 2.75) is 13.8 Å². The predicted molar refractivity (Wildman–Crippen MR) is 83.2 cm³/mol. The molecule has 0 saturated heterocycles.